The van der Waals surface area contributed by atoms with Gasteiger partial charge in [-0.2, -0.15) is 5.10 Å². The number of nitrogens with zero attached hydrogens (tertiary/aromatic N) is 3. The number of hydrogen-bond donors (Lipinski definition) is 1. The van der Waals surface area contributed by atoms with Crippen LogP contribution in [0.1, 0.15) is 17.0 Å². The molecule has 6 nitrogen and oxygen atoms in total. The summed E-state index contributed by atoms with van der Waals surface area (Å²) in [5, 5.41) is 13.8. The molecule has 1 atom stereocenters. The third-order valence-electron chi connectivity index (χ3n) is 3.80. The average Bonchev–Trinajstić information content (AvgIpc) is 3.02. The van der Waals surface area contributed by atoms with E-state index in [2.05, 4.69) is 5.10 Å². The summed E-state index contributed by atoms with van der Waals surface area (Å²) < 4.78 is 6.87. The number of aliphatic hydroxyl groups is 1. The van der Waals surface area contributed by atoms with E-state index in [0.29, 0.717) is 6.54 Å². The highest BCUT2D eigenvalue weighted by atomic mass is 16.6. The Balaban J connectivity index is 1.85. The Labute approximate surface area is 128 Å². The molecule has 1 aromatic carbocycles. The van der Waals surface area contributed by atoms with Gasteiger partial charge < -0.3 is 9.84 Å². The number of aromatic nitrogens is 2. The monoisotopic (exact) mass is 301 g/mol. The SMILES string of the molecule is Cc1cc(C)n(-c2cccc(CN3C(=O)OCC3CO)c2)n1. The van der Waals surface area contributed by atoms with E-state index in [0.717, 1.165) is 22.6 Å². The molecule has 0 spiro atoms. The van der Waals surface area contributed by atoms with Crippen molar-refractivity contribution in [2.45, 2.75) is 26.4 Å². The highest BCUT2D eigenvalue weighted by Gasteiger charge is 2.32. The number of amides is 1. The first kappa shape index (κ1) is 14.6. The van der Waals surface area contributed by atoms with Crippen LogP contribution in [0.25, 0.3) is 5.69 Å². The zero-order chi connectivity index (χ0) is 15.7. The van der Waals surface area contributed by atoms with Crippen molar-refractivity contribution in [1.29, 1.82) is 0 Å². The van der Waals surface area contributed by atoms with E-state index >= 15 is 0 Å². The average molecular weight is 301 g/mol. The van der Waals surface area contributed by atoms with Gasteiger partial charge in [-0.25, -0.2) is 9.48 Å². The lowest BCUT2D eigenvalue weighted by atomic mass is 10.1. The van der Waals surface area contributed by atoms with E-state index < -0.39 is 0 Å². The molecule has 1 aliphatic rings. The highest BCUT2D eigenvalue weighted by molar-refractivity contribution is 5.70. The number of rotatable bonds is 4. The Hall–Kier alpha value is -2.34. The fraction of sp³-hybridized carbons (Fsp3) is 0.375. The smallest absolute Gasteiger partial charge is 0.410 e. The molecular weight excluding hydrogens is 282 g/mol. The van der Waals surface area contributed by atoms with Crippen LogP contribution in [0.15, 0.2) is 30.3 Å². The first-order valence-corrected chi connectivity index (χ1v) is 7.25. The lowest BCUT2D eigenvalue weighted by Gasteiger charge is -2.19. The third-order valence-corrected chi connectivity index (χ3v) is 3.80. The van der Waals surface area contributed by atoms with Gasteiger partial charge in [0.15, 0.2) is 0 Å². The van der Waals surface area contributed by atoms with E-state index in [1.165, 1.54) is 0 Å². The van der Waals surface area contributed by atoms with Crippen molar-refractivity contribution < 1.29 is 14.6 Å². The van der Waals surface area contributed by atoms with Crippen LogP contribution in [-0.2, 0) is 11.3 Å². The summed E-state index contributed by atoms with van der Waals surface area (Å²) in [7, 11) is 0. The van der Waals surface area contributed by atoms with Crippen molar-refractivity contribution in [1.82, 2.24) is 14.7 Å². The van der Waals surface area contributed by atoms with E-state index in [-0.39, 0.29) is 25.3 Å². The van der Waals surface area contributed by atoms with E-state index in [1.807, 2.05) is 48.9 Å². The summed E-state index contributed by atoms with van der Waals surface area (Å²) >= 11 is 0. The molecule has 0 radical (unpaired) electrons. The number of aryl methyl sites for hydroxylation is 2. The molecule has 2 heterocycles. The Bertz CT molecular complexity index is 696. The van der Waals surface area contributed by atoms with Crippen molar-refractivity contribution in [2.24, 2.45) is 0 Å². The lowest BCUT2D eigenvalue weighted by molar-refractivity contribution is 0.151. The summed E-state index contributed by atoms with van der Waals surface area (Å²) in [6.07, 6.45) is -0.379. The van der Waals surface area contributed by atoms with Gasteiger partial charge in [-0.1, -0.05) is 12.1 Å². The molecule has 116 valence electrons. The molecule has 6 heteroatoms. The van der Waals surface area contributed by atoms with Crippen LogP contribution in [-0.4, -0.2) is 45.1 Å². The van der Waals surface area contributed by atoms with E-state index in [9.17, 15) is 9.90 Å². The molecule has 2 aromatic rings. The molecule has 0 saturated carbocycles. The van der Waals surface area contributed by atoms with Gasteiger partial charge in [0.1, 0.15) is 6.61 Å². The van der Waals surface area contributed by atoms with Gasteiger partial charge in [-0.3, -0.25) is 4.90 Å². The van der Waals surface area contributed by atoms with Crippen LogP contribution in [0.3, 0.4) is 0 Å². The second kappa shape index (κ2) is 5.81. The summed E-state index contributed by atoms with van der Waals surface area (Å²) in [6.45, 7) is 4.53. The summed E-state index contributed by atoms with van der Waals surface area (Å²) in [4.78, 5) is 13.3. The number of carbonyl (C=O) groups is 1. The van der Waals surface area contributed by atoms with Crippen molar-refractivity contribution in [3.05, 3.63) is 47.3 Å². The minimum atomic E-state index is -0.379. The zero-order valence-corrected chi connectivity index (χ0v) is 12.7. The maximum atomic E-state index is 11.7. The second-order valence-electron chi connectivity index (χ2n) is 5.55. The largest absolute Gasteiger partial charge is 0.447 e. The molecule has 1 aliphatic heterocycles. The minimum Gasteiger partial charge on any atom is -0.447 e. The van der Waals surface area contributed by atoms with Crippen LogP contribution in [0.2, 0.25) is 0 Å². The van der Waals surface area contributed by atoms with Crippen LogP contribution < -0.4 is 0 Å². The molecule has 1 saturated heterocycles. The minimum absolute atomic E-state index is 0.0944. The van der Waals surface area contributed by atoms with Gasteiger partial charge >= 0.3 is 6.09 Å². The number of aliphatic hydroxyl groups excluding tert-OH is 1. The summed E-state index contributed by atoms with van der Waals surface area (Å²) in [6, 6.07) is 9.62. The van der Waals surface area contributed by atoms with E-state index in [1.54, 1.807) is 4.90 Å². The first-order chi connectivity index (χ1) is 10.6. The third kappa shape index (κ3) is 2.69. The Morgan fingerprint density at radius 2 is 2.18 bits per heavy atom. The van der Waals surface area contributed by atoms with Gasteiger partial charge in [-0.15, -0.1) is 0 Å². The fourth-order valence-electron chi connectivity index (χ4n) is 2.71. The molecule has 1 N–H and O–H groups in total. The standard InChI is InChI=1S/C16H19N3O3/c1-11-6-12(2)19(17-11)14-5-3-4-13(7-14)8-18-15(9-20)10-22-16(18)21/h3-7,15,20H,8-10H2,1-2H3. The second-order valence-corrected chi connectivity index (χ2v) is 5.55. The van der Waals surface area contributed by atoms with Crippen molar-refractivity contribution in [3.8, 4) is 5.69 Å². The number of hydrogen-bond acceptors (Lipinski definition) is 4. The maximum Gasteiger partial charge on any atom is 0.410 e. The number of carbonyl (C=O) groups excluding carboxylic acids is 1. The molecule has 0 aliphatic carbocycles. The molecule has 0 bridgehead atoms. The molecule has 1 unspecified atom stereocenters. The molecule has 1 aromatic heterocycles. The van der Waals surface area contributed by atoms with Crippen LogP contribution >= 0.6 is 0 Å². The van der Waals surface area contributed by atoms with Crippen molar-refractivity contribution in [2.75, 3.05) is 13.2 Å². The van der Waals surface area contributed by atoms with Crippen LogP contribution in [0.4, 0.5) is 4.79 Å². The van der Waals surface area contributed by atoms with Crippen molar-refractivity contribution in [3.63, 3.8) is 0 Å². The van der Waals surface area contributed by atoms with Crippen LogP contribution in [0.5, 0.6) is 0 Å². The Kier molecular flexibility index (Phi) is 3.85. The number of ether oxygens (including phenoxy) is 1. The molecule has 22 heavy (non-hydrogen) atoms. The molecule has 1 fully saturated rings. The lowest BCUT2D eigenvalue weighted by Crippen LogP contribution is -2.35. The maximum absolute atomic E-state index is 11.7. The predicted molar refractivity (Wildman–Crippen MR) is 80.8 cm³/mol. The summed E-state index contributed by atoms with van der Waals surface area (Å²) in [5.74, 6) is 0. The number of cyclic esters (lactones) is 1. The van der Waals surface area contributed by atoms with Crippen LogP contribution in [0, 0.1) is 13.8 Å². The van der Waals surface area contributed by atoms with E-state index in [4.69, 9.17) is 4.74 Å². The van der Waals surface area contributed by atoms with Gasteiger partial charge in [0.25, 0.3) is 0 Å². The first-order valence-electron chi connectivity index (χ1n) is 7.25. The highest BCUT2D eigenvalue weighted by Crippen LogP contribution is 2.19. The predicted octanol–water partition coefficient (Wildman–Crippen LogP) is 1.80. The normalized spacial score (nSPS) is 17.9. The number of benzene rings is 1. The summed E-state index contributed by atoms with van der Waals surface area (Å²) in [5.41, 5.74) is 3.95. The molecular formula is C16H19N3O3. The molecule has 1 amide bonds. The topological polar surface area (TPSA) is 67.6 Å². The van der Waals surface area contributed by atoms with Gasteiger partial charge in [-0.05, 0) is 37.6 Å². The quantitative estimate of drug-likeness (QED) is 0.935. The van der Waals surface area contributed by atoms with Gasteiger partial charge in [0.05, 0.1) is 24.0 Å². The molecule has 3 rings (SSSR count). The Morgan fingerprint density at radius 3 is 2.86 bits per heavy atom. The zero-order valence-electron chi connectivity index (χ0n) is 12.7. The van der Waals surface area contributed by atoms with Crippen molar-refractivity contribution >= 4 is 6.09 Å². The van der Waals surface area contributed by atoms with Gasteiger partial charge in [0, 0.05) is 12.2 Å². The fourth-order valence-corrected chi connectivity index (χ4v) is 2.71. The van der Waals surface area contributed by atoms with Gasteiger partial charge in [0.2, 0.25) is 0 Å². The Morgan fingerprint density at radius 1 is 1.36 bits per heavy atom.